The van der Waals surface area contributed by atoms with Gasteiger partial charge in [-0.3, -0.25) is 0 Å². The van der Waals surface area contributed by atoms with Crippen LogP contribution in [0.2, 0.25) is 0 Å². The van der Waals surface area contributed by atoms with E-state index in [1.54, 1.807) is 6.92 Å². The molecule has 0 aliphatic heterocycles. The van der Waals surface area contributed by atoms with Gasteiger partial charge in [0.1, 0.15) is 0 Å². The molecule has 5 heteroatoms. The highest BCUT2D eigenvalue weighted by Crippen LogP contribution is 2.30. The molecule has 0 aliphatic rings. The zero-order valence-corrected chi connectivity index (χ0v) is 8.39. The van der Waals surface area contributed by atoms with E-state index in [1.165, 1.54) is 0 Å². The Morgan fingerprint density at radius 3 is 2.21 bits per heavy atom. The first-order chi connectivity index (χ1) is 6.55. The minimum atomic E-state index is -4.32. The Bertz CT molecular complexity index is 271. The number of rotatable bonds is 1. The van der Waals surface area contributed by atoms with Crippen molar-refractivity contribution in [1.29, 1.82) is 0 Å². The maximum Gasteiger partial charge on any atom is 0.418 e. The van der Waals surface area contributed by atoms with E-state index in [9.17, 15) is 13.2 Å². The van der Waals surface area contributed by atoms with E-state index in [4.69, 9.17) is 0 Å². The van der Waals surface area contributed by atoms with E-state index >= 15 is 0 Å². The maximum atomic E-state index is 12.2. The summed E-state index contributed by atoms with van der Waals surface area (Å²) < 4.78 is 36.5. The average molecular weight is 206 g/mol. The molecule has 0 N–H and O–H groups in total. The van der Waals surface area contributed by atoms with E-state index in [0.717, 1.165) is 12.3 Å². The summed E-state index contributed by atoms with van der Waals surface area (Å²) in [5.41, 5.74) is -0.704. The number of nitrogens with zero attached hydrogens (tertiary/aromatic N) is 2. The minimum Gasteiger partial charge on any atom is -0.166 e. The van der Waals surface area contributed by atoms with Crippen LogP contribution in [0.1, 0.15) is 32.0 Å². The molecule has 0 amide bonds. The molecule has 1 rings (SSSR count). The zero-order valence-electron chi connectivity index (χ0n) is 8.39. The molecule has 80 valence electrons. The van der Waals surface area contributed by atoms with Gasteiger partial charge in [-0.2, -0.15) is 23.4 Å². The normalized spacial score (nSPS) is 10.4. The van der Waals surface area contributed by atoms with E-state index in [1.807, 2.05) is 13.8 Å². The smallest absolute Gasteiger partial charge is 0.166 e. The van der Waals surface area contributed by atoms with Gasteiger partial charge >= 0.3 is 6.18 Å². The molecular weight excluding hydrogens is 193 g/mol. The summed E-state index contributed by atoms with van der Waals surface area (Å²) in [5, 5.41) is 6.77. The van der Waals surface area contributed by atoms with Crippen molar-refractivity contribution in [2.24, 2.45) is 0 Å². The molecule has 1 aromatic heterocycles. The van der Waals surface area contributed by atoms with Gasteiger partial charge in [0.2, 0.25) is 0 Å². The lowest BCUT2D eigenvalue weighted by Crippen LogP contribution is -2.10. The molecule has 0 fully saturated rings. The number of aryl methyl sites for hydroxylation is 1. The molecule has 0 saturated heterocycles. The third-order valence-electron chi connectivity index (χ3n) is 1.44. The van der Waals surface area contributed by atoms with Gasteiger partial charge in [-0.1, -0.05) is 20.8 Å². The second-order valence-corrected chi connectivity index (χ2v) is 2.24. The quantitative estimate of drug-likeness (QED) is 0.705. The van der Waals surface area contributed by atoms with Gasteiger partial charge < -0.3 is 0 Å². The first-order valence-corrected chi connectivity index (χ1v) is 4.43. The van der Waals surface area contributed by atoms with Gasteiger partial charge in [0.25, 0.3) is 0 Å². The fraction of sp³-hybridized carbons (Fsp3) is 0.556. The molecule has 0 aromatic carbocycles. The molecule has 0 radical (unpaired) electrons. The van der Waals surface area contributed by atoms with Crippen molar-refractivity contribution in [3.05, 3.63) is 23.5 Å². The van der Waals surface area contributed by atoms with Crippen molar-refractivity contribution in [3.8, 4) is 0 Å². The van der Waals surface area contributed by atoms with Gasteiger partial charge in [0.15, 0.2) is 0 Å². The summed E-state index contributed by atoms with van der Waals surface area (Å²) in [4.78, 5) is 0. The van der Waals surface area contributed by atoms with Gasteiger partial charge in [-0.15, -0.1) is 0 Å². The summed E-state index contributed by atoms with van der Waals surface area (Å²) in [5.74, 6) is 0. The van der Waals surface area contributed by atoms with Crippen molar-refractivity contribution in [2.75, 3.05) is 0 Å². The highest BCUT2D eigenvalue weighted by atomic mass is 19.4. The third kappa shape index (κ3) is 3.32. The van der Waals surface area contributed by atoms with Crippen molar-refractivity contribution < 1.29 is 13.2 Å². The van der Waals surface area contributed by atoms with Crippen LogP contribution >= 0.6 is 0 Å². The first-order valence-electron chi connectivity index (χ1n) is 4.43. The minimum absolute atomic E-state index is 0.00926. The lowest BCUT2D eigenvalue weighted by atomic mass is 10.2. The van der Waals surface area contributed by atoms with Crippen LogP contribution in [0.5, 0.6) is 0 Å². The van der Waals surface area contributed by atoms with Gasteiger partial charge in [-0.05, 0) is 12.5 Å². The van der Waals surface area contributed by atoms with E-state index < -0.39 is 11.7 Å². The van der Waals surface area contributed by atoms with E-state index in [2.05, 4.69) is 10.2 Å². The molecule has 0 aliphatic carbocycles. The summed E-state index contributed by atoms with van der Waals surface area (Å²) >= 11 is 0. The van der Waals surface area contributed by atoms with Crippen molar-refractivity contribution in [3.63, 3.8) is 0 Å². The standard InChI is InChI=1S/C7H7F3N2.C2H6/c1-2-6-5(7(8,9)10)3-4-11-12-6;1-2/h3-4H,2H2,1H3;1-2H3. The Morgan fingerprint density at radius 1 is 1.29 bits per heavy atom. The lowest BCUT2D eigenvalue weighted by molar-refractivity contribution is -0.138. The fourth-order valence-electron chi connectivity index (χ4n) is 0.880. The van der Waals surface area contributed by atoms with Crippen LogP contribution in [0.25, 0.3) is 0 Å². The Balaban J connectivity index is 0.000000791. The zero-order chi connectivity index (χ0) is 11.2. The molecule has 2 nitrogen and oxygen atoms in total. The van der Waals surface area contributed by atoms with Crippen LogP contribution in [0.4, 0.5) is 13.2 Å². The van der Waals surface area contributed by atoms with Crippen molar-refractivity contribution in [1.82, 2.24) is 10.2 Å². The maximum absolute atomic E-state index is 12.2. The van der Waals surface area contributed by atoms with E-state index in [-0.39, 0.29) is 12.1 Å². The SMILES string of the molecule is CC.CCc1nnccc1C(F)(F)F. The molecular formula is C9H13F3N2. The Morgan fingerprint density at radius 2 is 1.86 bits per heavy atom. The van der Waals surface area contributed by atoms with E-state index in [0.29, 0.717) is 0 Å². The molecule has 1 aromatic rings. The van der Waals surface area contributed by atoms with Crippen molar-refractivity contribution >= 4 is 0 Å². The van der Waals surface area contributed by atoms with Crippen molar-refractivity contribution in [2.45, 2.75) is 33.4 Å². The number of aromatic nitrogens is 2. The molecule has 0 unspecified atom stereocenters. The predicted molar refractivity (Wildman–Crippen MR) is 47.8 cm³/mol. The second-order valence-electron chi connectivity index (χ2n) is 2.24. The van der Waals surface area contributed by atoms with Crippen LogP contribution in [0.3, 0.4) is 0 Å². The molecule has 0 atom stereocenters. The highest BCUT2D eigenvalue weighted by Gasteiger charge is 2.33. The number of alkyl halides is 3. The Labute approximate surface area is 81.2 Å². The summed E-state index contributed by atoms with van der Waals surface area (Å²) in [6, 6.07) is 0.936. The van der Waals surface area contributed by atoms with Gasteiger partial charge in [0, 0.05) is 0 Å². The fourth-order valence-corrected chi connectivity index (χ4v) is 0.880. The Hall–Kier alpha value is -1.13. The first kappa shape index (κ1) is 12.9. The Kier molecular flexibility index (Phi) is 5.12. The molecule has 1 heterocycles. The molecule has 0 bridgehead atoms. The second kappa shape index (κ2) is 5.57. The van der Waals surface area contributed by atoms with Gasteiger partial charge in [0.05, 0.1) is 17.5 Å². The highest BCUT2D eigenvalue weighted by molar-refractivity contribution is 5.20. The monoisotopic (exact) mass is 206 g/mol. The average Bonchev–Trinajstić information content (AvgIpc) is 2.19. The predicted octanol–water partition coefficient (Wildman–Crippen LogP) is 3.08. The largest absolute Gasteiger partial charge is 0.418 e. The third-order valence-corrected chi connectivity index (χ3v) is 1.44. The molecule has 14 heavy (non-hydrogen) atoms. The van der Waals surface area contributed by atoms with Crippen LogP contribution in [-0.4, -0.2) is 10.2 Å². The van der Waals surface area contributed by atoms with Crippen LogP contribution in [-0.2, 0) is 12.6 Å². The molecule has 0 saturated carbocycles. The number of hydrogen-bond acceptors (Lipinski definition) is 2. The molecule has 0 spiro atoms. The van der Waals surface area contributed by atoms with Crippen LogP contribution in [0.15, 0.2) is 12.3 Å². The van der Waals surface area contributed by atoms with Crippen LogP contribution in [0, 0.1) is 0 Å². The van der Waals surface area contributed by atoms with Crippen LogP contribution < -0.4 is 0 Å². The number of hydrogen-bond donors (Lipinski definition) is 0. The summed E-state index contributed by atoms with van der Waals surface area (Å²) in [6.07, 6.45) is -3.04. The summed E-state index contributed by atoms with van der Waals surface area (Å²) in [7, 11) is 0. The topological polar surface area (TPSA) is 25.8 Å². The number of halogens is 3. The summed E-state index contributed by atoms with van der Waals surface area (Å²) in [6.45, 7) is 5.61. The van der Waals surface area contributed by atoms with Gasteiger partial charge in [-0.25, -0.2) is 0 Å². The lowest BCUT2D eigenvalue weighted by Gasteiger charge is -2.08.